The number of ether oxygens (including phenoxy) is 3. The zero-order valence-electron chi connectivity index (χ0n) is 24.3. The molecule has 0 aromatic heterocycles. The SMILES string of the molecule is CCCCCCCCCOc1ccc(/C=C/C(=O)Oc2ccc(C(=O)OC(CC)CCCCCC)cc2)cc1. The number of hydrogen-bond donors (Lipinski definition) is 0. The molecule has 0 aliphatic rings. The summed E-state index contributed by atoms with van der Waals surface area (Å²) < 4.78 is 16.9. The smallest absolute Gasteiger partial charge is 0.338 e. The predicted molar refractivity (Wildman–Crippen MR) is 159 cm³/mol. The molecule has 39 heavy (non-hydrogen) atoms. The third kappa shape index (κ3) is 14.0. The molecule has 2 aromatic carbocycles. The van der Waals surface area contributed by atoms with E-state index < -0.39 is 5.97 Å². The van der Waals surface area contributed by atoms with Gasteiger partial charge < -0.3 is 14.2 Å². The van der Waals surface area contributed by atoms with Gasteiger partial charge in [0.25, 0.3) is 0 Å². The molecule has 0 heterocycles. The summed E-state index contributed by atoms with van der Waals surface area (Å²) in [6.07, 6.45) is 18.2. The molecular formula is C34H48O5. The van der Waals surface area contributed by atoms with Crippen molar-refractivity contribution in [2.24, 2.45) is 0 Å². The molecule has 0 radical (unpaired) electrons. The van der Waals surface area contributed by atoms with Gasteiger partial charge >= 0.3 is 11.9 Å². The van der Waals surface area contributed by atoms with Crippen LogP contribution in [0, 0.1) is 0 Å². The summed E-state index contributed by atoms with van der Waals surface area (Å²) >= 11 is 0. The molecule has 0 bridgehead atoms. The predicted octanol–water partition coefficient (Wildman–Crippen LogP) is 9.34. The van der Waals surface area contributed by atoms with E-state index in [0.717, 1.165) is 50.0 Å². The molecule has 0 amide bonds. The van der Waals surface area contributed by atoms with Crippen LogP contribution in [-0.2, 0) is 9.53 Å². The van der Waals surface area contributed by atoms with Crippen LogP contribution in [0.1, 0.15) is 120 Å². The van der Waals surface area contributed by atoms with Crippen LogP contribution in [0.2, 0.25) is 0 Å². The monoisotopic (exact) mass is 536 g/mol. The van der Waals surface area contributed by atoms with Gasteiger partial charge in [0.2, 0.25) is 0 Å². The third-order valence-corrected chi connectivity index (χ3v) is 6.73. The van der Waals surface area contributed by atoms with Crippen molar-refractivity contribution in [1.29, 1.82) is 0 Å². The van der Waals surface area contributed by atoms with Crippen molar-refractivity contribution in [3.8, 4) is 11.5 Å². The first kappa shape index (κ1) is 32.1. The lowest BCUT2D eigenvalue weighted by Gasteiger charge is -2.16. The van der Waals surface area contributed by atoms with E-state index in [1.807, 2.05) is 31.2 Å². The van der Waals surface area contributed by atoms with E-state index >= 15 is 0 Å². The Labute approximate surface area is 235 Å². The first-order valence-corrected chi connectivity index (χ1v) is 15.0. The molecule has 1 unspecified atom stereocenters. The van der Waals surface area contributed by atoms with Crippen molar-refractivity contribution >= 4 is 18.0 Å². The average molecular weight is 537 g/mol. The summed E-state index contributed by atoms with van der Waals surface area (Å²) in [7, 11) is 0. The Morgan fingerprint density at radius 2 is 1.31 bits per heavy atom. The Hall–Kier alpha value is -3.08. The maximum Gasteiger partial charge on any atom is 0.338 e. The van der Waals surface area contributed by atoms with E-state index in [2.05, 4.69) is 13.8 Å². The second-order valence-electron chi connectivity index (χ2n) is 10.1. The minimum atomic E-state index is -0.484. The lowest BCUT2D eigenvalue weighted by atomic mass is 10.1. The quantitative estimate of drug-likeness (QED) is 0.0730. The summed E-state index contributed by atoms with van der Waals surface area (Å²) in [5.74, 6) is 0.385. The fourth-order valence-electron chi connectivity index (χ4n) is 4.26. The summed E-state index contributed by atoms with van der Waals surface area (Å²) in [5, 5.41) is 0. The van der Waals surface area contributed by atoms with Crippen LogP contribution in [-0.4, -0.2) is 24.6 Å². The Bertz CT molecular complexity index is 962. The Morgan fingerprint density at radius 1 is 0.718 bits per heavy atom. The standard InChI is InChI=1S/C34H48O5/c1-4-7-9-11-12-13-15-27-37-31-22-17-28(18-23-31)19-26-33(35)38-32-24-20-29(21-25-32)34(36)39-30(6-3)16-14-10-8-5-2/h17-26,30H,4-16,27H2,1-3H3/b26-19+. The van der Waals surface area contributed by atoms with Crippen LogP contribution in [0.15, 0.2) is 54.6 Å². The van der Waals surface area contributed by atoms with Crippen LogP contribution in [0.5, 0.6) is 11.5 Å². The molecule has 0 aliphatic heterocycles. The van der Waals surface area contributed by atoms with Gasteiger partial charge in [0.05, 0.1) is 12.2 Å². The minimum absolute atomic E-state index is 0.0669. The molecular weight excluding hydrogens is 488 g/mol. The van der Waals surface area contributed by atoms with Gasteiger partial charge in [-0.25, -0.2) is 9.59 Å². The van der Waals surface area contributed by atoms with E-state index in [9.17, 15) is 9.59 Å². The molecule has 1 atom stereocenters. The highest BCUT2D eigenvalue weighted by molar-refractivity contribution is 5.90. The molecule has 2 rings (SSSR count). The van der Waals surface area contributed by atoms with Crippen LogP contribution in [0.4, 0.5) is 0 Å². The second kappa shape index (κ2) is 19.9. The number of carbonyl (C=O) groups is 2. The van der Waals surface area contributed by atoms with E-state index in [4.69, 9.17) is 14.2 Å². The van der Waals surface area contributed by atoms with Crippen molar-refractivity contribution in [2.45, 2.75) is 110 Å². The topological polar surface area (TPSA) is 61.8 Å². The van der Waals surface area contributed by atoms with E-state index in [-0.39, 0.29) is 12.1 Å². The number of carbonyl (C=O) groups excluding carboxylic acids is 2. The minimum Gasteiger partial charge on any atom is -0.494 e. The Balaban J connectivity index is 1.71. The van der Waals surface area contributed by atoms with Gasteiger partial charge in [-0.2, -0.15) is 0 Å². The molecule has 0 fully saturated rings. The summed E-state index contributed by atoms with van der Waals surface area (Å²) in [6, 6.07) is 14.1. The first-order chi connectivity index (χ1) is 19.0. The summed E-state index contributed by atoms with van der Waals surface area (Å²) in [6.45, 7) is 7.18. The molecule has 5 nitrogen and oxygen atoms in total. The highest BCUT2D eigenvalue weighted by Crippen LogP contribution is 2.18. The lowest BCUT2D eigenvalue weighted by Crippen LogP contribution is -2.17. The van der Waals surface area contributed by atoms with Gasteiger partial charge in [-0.3, -0.25) is 0 Å². The molecule has 0 saturated carbocycles. The van der Waals surface area contributed by atoms with E-state index in [1.165, 1.54) is 57.4 Å². The highest BCUT2D eigenvalue weighted by Gasteiger charge is 2.14. The van der Waals surface area contributed by atoms with E-state index in [0.29, 0.717) is 11.3 Å². The van der Waals surface area contributed by atoms with Gasteiger partial charge in [0, 0.05) is 6.08 Å². The summed E-state index contributed by atoms with van der Waals surface area (Å²) in [5.41, 5.74) is 1.33. The normalized spacial score (nSPS) is 11.9. The first-order valence-electron chi connectivity index (χ1n) is 15.0. The van der Waals surface area contributed by atoms with Crippen LogP contribution in [0.3, 0.4) is 0 Å². The number of esters is 2. The van der Waals surface area contributed by atoms with Crippen LogP contribution >= 0.6 is 0 Å². The van der Waals surface area contributed by atoms with E-state index in [1.54, 1.807) is 30.3 Å². The van der Waals surface area contributed by atoms with Crippen molar-refractivity contribution in [3.63, 3.8) is 0 Å². The fraction of sp³-hybridized carbons (Fsp3) is 0.529. The van der Waals surface area contributed by atoms with Crippen molar-refractivity contribution in [3.05, 3.63) is 65.7 Å². The molecule has 2 aromatic rings. The number of hydrogen-bond acceptors (Lipinski definition) is 5. The Kier molecular flexibility index (Phi) is 16.4. The van der Waals surface area contributed by atoms with Crippen molar-refractivity contribution < 1.29 is 23.8 Å². The maximum absolute atomic E-state index is 12.5. The fourth-order valence-corrected chi connectivity index (χ4v) is 4.26. The van der Waals surface area contributed by atoms with Crippen molar-refractivity contribution in [2.75, 3.05) is 6.61 Å². The van der Waals surface area contributed by atoms with Crippen LogP contribution in [0.25, 0.3) is 6.08 Å². The molecule has 5 heteroatoms. The molecule has 214 valence electrons. The Morgan fingerprint density at radius 3 is 1.95 bits per heavy atom. The zero-order chi connectivity index (χ0) is 28.1. The zero-order valence-corrected chi connectivity index (χ0v) is 24.3. The molecule has 0 aliphatic carbocycles. The van der Waals surface area contributed by atoms with Crippen molar-refractivity contribution in [1.82, 2.24) is 0 Å². The van der Waals surface area contributed by atoms with Gasteiger partial charge in [-0.1, -0.05) is 90.7 Å². The molecule has 0 spiro atoms. The number of benzene rings is 2. The largest absolute Gasteiger partial charge is 0.494 e. The highest BCUT2D eigenvalue weighted by atomic mass is 16.5. The average Bonchev–Trinajstić information content (AvgIpc) is 2.96. The number of unbranched alkanes of at least 4 members (excludes halogenated alkanes) is 9. The second-order valence-corrected chi connectivity index (χ2v) is 10.1. The molecule has 0 N–H and O–H groups in total. The van der Waals surface area contributed by atoms with Gasteiger partial charge in [-0.15, -0.1) is 0 Å². The third-order valence-electron chi connectivity index (χ3n) is 6.73. The van der Waals surface area contributed by atoms with Gasteiger partial charge in [-0.05, 0) is 73.7 Å². The van der Waals surface area contributed by atoms with Crippen LogP contribution < -0.4 is 9.47 Å². The summed E-state index contributed by atoms with van der Waals surface area (Å²) in [4.78, 5) is 24.8. The maximum atomic E-state index is 12.5. The lowest BCUT2D eigenvalue weighted by molar-refractivity contribution is -0.128. The number of rotatable bonds is 20. The van der Waals surface area contributed by atoms with Gasteiger partial charge in [0.1, 0.15) is 17.6 Å². The molecule has 0 saturated heterocycles. The van der Waals surface area contributed by atoms with Gasteiger partial charge in [0.15, 0.2) is 0 Å².